The van der Waals surface area contributed by atoms with E-state index in [-0.39, 0.29) is 12.1 Å². The van der Waals surface area contributed by atoms with Crippen molar-refractivity contribution in [2.75, 3.05) is 19.8 Å². The van der Waals surface area contributed by atoms with E-state index in [1.807, 2.05) is 18.2 Å². The SMILES string of the molecule is NC(=O)c1cccc(CN2CCOC[C@@H]2[C@H]2CCC[C@H]2O)c1. The van der Waals surface area contributed by atoms with Crippen molar-refractivity contribution in [3.05, 3.63) is 35.4 Å². The number of hydrogen-bond acceptors (Lipinski definition) is 4. The minimum absolute atomic E-state index is 0.217. The first kappa shape index (κ1) is 15.5. The number of carbonyl (C=O) groups excluding carboxylic acids is 1. The highest BCUT2D eigenvalue weighted by molar-refractivity contribution is 5.92. The summed E-state index contributed by atoms with van der Waals surface area (Å²) in [4.78, 5) is 13.7. The first-order valence-electron chi connectivity index (χ1n) is 8.04. The summed E-state index contributed by atoms with van der Waals surface area (Å²) in [5, 5.41) is 10.2. The molecule has 5 nitrogen and oxygen atoms in total. The highest BCUT2D eigenvalue weighted by Crippen LogP contribution is 2.32. The molecule has 5 heteroatoms. The molecular formula is C17H24N2O3. The molecule has 0 spiro atoms. The van der Waals surface area contributed by atoms with Gasteiger partial charge in [-0.1, -0.05) is 18.6 Å². The first-order valence-corrected chi connectivity index (χ1v) is 8.04. The van der Waals surface area contributed by atoms with Gasteiger partial charge in [0.25, 0.3) is 0 Å². The molecule has 22 heavy (non-hydrogen) atoms. The van der Waals surface area contributed by atoms with Crippen molar-refractivity contribution in [1.82, 2.24) is 4.90 Å². The van der Waals surface area contributed by atoms with E-state index in [1.165, 1.54) is 0 Å². The van der Waals surface area contributed by atoms with Crippen molar-refractivity contribution < 1.29 is 14.6 Å². The molecule has 0 radical (unpaired) electrons. The Kier molecular flexibility index (Phi) is 4.76. The quantitative estimate of drug-likeness (QED) is 0.875. The van der Waals surface area contributed by atoms with Crippen LogP contribution in [0, 0.1) is 5.92 Å². The average molecular weight is 304 g/mol. The summed E-state index contributed by atoms with van der Waals surface area (Å²) in [6, 6.07) is 7.74. The van der Waals surface area contributed by atoms with Gasteiger partial charge >= 0.3 is 0 Å². The Morgan fingerprint density at radius 3 is 3.00 bits per heavy atom. The van der Waals surface area contributed by atoms with Gasteiger partial charge in [0, 0.05) is 30.6 Å². The van der Waals surface area contributed by atoms with Gasteiger partial charge in [0.1, 0.15) is 0 Å². The molecule has 2 aliphatic rings. The summed E-state index contributed by atoms with van der Waals surface area (Å²) in [5.74, 6) is -0.105. The summed E-state index contributed by atoms with van der Waals surface area (Å²) >= 11 is 0. The number of aliphatic hydroxyl groups excluding tert-OH is 1. The second-order valence-corrected chi connectivity index (χ2v) is 6.34. The van der Waals surface area contributed by atoms with Gasteiger partial charge < -0.3 is 15.6 Å². The van der Waals surface area contributed by atoms with Crippen LogP contribution in [0.3, 0.4) is 0 Å². The predicted molar refractivity (Wildman–Crippen MR) is 83.3 cm³/mol. The number of hydrogen-bond donors (Lipinski definition) is 2. The van der Waals surface area contributed by atoms with Crippen molar-refractivity contribution in [2.45, 2.75) is 38.0 Å². The number of nitrogens with zero attached hydrogens (tertiary/aromatic N) is 1. The maximum absolute atomic E-state index is 11.3. The fourth-order valence-electron chi connectivity index (χ4n) is 3.72. The Balaban J connectivity index is 1.74. The zero-order valence-corrected chi connectivity index (χ0v) is 12.8. The molecule has 0 aromatic heterocycles. The van der Waals surface area contributed by atoms with E-state index >= 15 is 0 Å². The van der Waals surface area contributed by atoms with Crippen molar-refractivity contribution >= 4 is 5.91 Å². The molecule has 1 aliphatic carbocycles. The minimum Gasteiger partial charge on any atom is -0.393 e. The summed E-state index contributed by atoms with van der Waals surface area (Å²) in [7, 11) is 0. The number of ether oxygens (including phenoxy) is 1. The van der Waals surface area contributed by atoms with Crippen LogP contribution in [0.4, 0.5) is 0 Å². The van der Waals surface area contributed by atoms with Gasteiger partial charge in [0.2, 0.25) is 5.91 Å². The lowest BCUT2D eigenvalue weighted by atomic mass is 9.94. The lowest BCUT2D eigenvalue weighted by Crippen LogP contribution is -2.50. The highest BCUT2D eigenvalue weighted by Gasteiger charge is 2.37. The van der Waals surface area contributed by atoms with Crippen LogP contribution in [0.1, 0.15) is 35.2 Å². The van der Waals surface area contributed by atoms with Gasteiger partial charge in [0.05, 0.1) is 19.3 Å². The van der Waals surface area contributed by atoms with Crippen LogP contribution in [0.25, 0.3) is 0 Å². The fourth-order valence-corrected chi connectivity index (χ4v) is 3.72. The Morgan fingerprint density at radius 1 is 1.41 bits per heavy atom. The van der Waals surface area contributed by atoms with Gasteiger partial charge in [-0.25, -0.2) is 0 Å². The van der Waals surface area contributed by atoms with Crippen LogP contribution in [0.2, 0.25) is 0 Å². The predicted octanol–water partition coefficient (Wildman–Crippen LogP) is 1.15. The third kappa shape index (κ3) is 3.32. The third-order valence-corrected chi connectivity index (χ3v) is 4.90. The topological polar surface area (TPSA) is 75.8 Å². The van der Waals surface area contributed by atoms with E-state index in [0.29, 0.717) is 18.1 Å². The number of nitrogens with two attached hydrogens (primary N) is 1. The van der Waals surface area contributed by atoms with E-state index in [9.17, 15) is 9.90 Å². The molecule has 3 atom stereocenters. The Bertz CT molecular complexity index is 534. The van der Waals surface area contributed by atoms with Gasteiger partial charge in [-0.15, -0.1) is 0 Å². The van der Waals surface area contributed by atoms with Crippen LogP contribution in [-0.2, 0) is 11.3 Å². The van der Waals surface area contributed by atoms with Crippen LogP contribution in [-0.4, -0.2) is 47.8 Å². The molecule has 0 unspecified atom stereocenters. The zero-order chi connectivity index (χ0) is 15.5. The van der Waals surface area contributed by atoms with Gasteiger partial charge in [0.15, 0.2) is 0 Å². The number of primary amides is 1. The van der Waals surface area contributed by atoms with E-state index in [0.717, 1.165) is 44.5 Å². The summed E-state index contributed by atoms with van der Waals surface area (Å²) in [6.45, 7) is 3.01. The maximum atomic E-state index is 11.3. The number of carbonyl (C=O) groups is 1. The lowest BCUT2D eigenvalue weighted by molar-refractivity contribution is -0.0536. The molecule has 1 saturated carbocycles. The first-order chi connectivity index (χ1) is 10.6. The molecule has 0 bridgehead atoms. The number of benzene rings is 1. The molecule has 1 aromatic carbocycles. The normalized spacial score (nSPS) is 29.6. The molecule has 1 aromatic rings. The molecule has 1 amide bonds. The van der Waals surface area contributed by atoms with E-state index in [2.05, 4.69) is 4.90 Å². The summed E-state index contributed by atoms with van der Waals surface area (Å²) in [5.41, 5.74) is 6.98. The van der Waals surface area contributed by atoms with Gasteiger partial charge in [-0.3, -0.25) is 9.69 Å². The second-order valence-electron chi connectivity index (χ2n) is 6.34. The molecule has 2 fully saturated rings. The molecule has 120 valence electrons. The highest BCUT2D eigenvalue weighted by atomic mass is 16.5. The van der Waals surface area contributed by atoms with Gasteiger partial charge in [-0.05, 0) is 30.5 Å². The zero-order valence-electron chi connectivity index (χ0n) is 12.8. The smallest absolute Gasteiger partial charge is 0.248 e. The third-order valence-electron chi connectivity index (χ3n) is 4.90. The summed E-state index contributed by atoms with van der Waals surface area (Å²) < 4.78 is 5.65. The standard InChI is InChI=1S/C17H24N2O3/c18-17(21)13-4-1-3-12(9-13)10-19-7-8-22-11-15(19)14-5-2-6-16(14)20/h1,3-4,9,14-16,20H,2,5-8,10-11H2,(H2,18,21)/t14-,15-,16-/m1/s1. The Morgan fingerprint density at radius 2 is 2.27 bits per heavy atom. The monoisotopic (exact) mass is 304 g/mol. The number of aliphatic hydroxyl groups is 1. The van der Waals surface area contributed by atoms with Crippen LogP contribution < -0.4 is 5.73 Å². The van der Waals surface area contributed by atoms with Crippen molar-refractivity contribution in [3.63, 3.8) is 0 Å². The summed E-state index contributed by atoms with van der Waals surface area (Å²) in [6.07, 6.45) is 2.83. The fraction of sp³-hybridized carbons (Fsp3) is 0.588. The van der Waals surface area contributed by atoms with Crippen LogP contribution >= 0.6 is 0 Å². The molecule has 1 aliphatic heterocycles. The Labute approximate surface area is 131 Å². The van der Waals surface area contributed by atoms with Crippen molar-refractivity contribution in [2.24, 2.45) is 11.7 Å². The molecule has 1 saturated heterocycles. The second kappa shape index (κ2) is 6.77. The molecule has 1 heterocycles. The van der Waals surface area contributed by atoms with Crippen molar-refractivity contribution in [3.8, 4) is 0 Å². The largest absolute Gasteiger partial charge is 0.393 e. The molecule has 3 N–H and O–H groups in total. The van der Waals surface area contributed by atoms with E-state index in [1.54, 1.807) is 6.07 Å². The van der Waals surface area contributed by atoms with E-state index < -0.39 is 5.91 Å². The average Bonchev–Trinajstić information content (AvgIpc) is 2.94. The molecular weight excluding hydrogens is 280 g/mol. The lowest BCUT2D eigenvalue weighted by Gasteiger charge is -2.40. The number of morpholine rings is 1. The molecule has 3 rings (SSSR count). The van der Waals surface area contributed by atoms with E-state index in [4.69, 9.17) is 10.5 Å². The minimum atomic E-state index is -0.397. The maximum Gasteiger partial charge on any atom is 0.248 e. The van der Waals surface area contributed by atoms with Crippen molar-refractivity contribution in [1.29, 1.82) is 0 Å². The number of amides is 1. The van der Waals surface area contributed by atoms with Gasteiger partial charge in [-0.2, -0.15) is 0 Å². The number of rotatable bonds is 4. The van der Waals surface area contributed by atoms with Crippen LogP contribution in [0.5, 0.6) is 0 Å². The Hall–Kier alpha value is -1.43. The van der Waals surface area contributed by atoms with Crippen LogP contribution in [0.15, 0.2) is 24.3 Å².